The molecule has 4 nitrogen and oxygen atoms in total. The molecular formula is C7H6N2O2. The molecule has 1 aromatic heterocycles. The monoisotopic (exact) mass is 150 g/mol. The van der Waals surface area contributed by atoms with E-state index < -0.39 is 5.97 Å². The largest absolute Gasteiger partial charge is 0.404 e. The molecule has 0 N–H and O–H groups in total. The summed E-state index contributed by atoms with van der Waals surface area (Å²) in [4.78, 5) is 17.9. The fourth-order valence-corrected chi connectivity index (χ4v) is 0.484. The summed E-state index contributed by atoms with van der Waals surface area (Å²) in [5.74, 6) is -0.298. The van der Waals surface area contributed by atoms with Crippen molar-refractivity contribution in [1.82, 2.24) is 9.97 Å². The summed E-state index contributed by atoms with van der Waals surface area (Å²) in [5.41, 5.74) is 0. The molecule has 0 radical (unpaired) electrons. The normalized spacial score (nSPS) is 8.73. The highest BCUT2D eigenvalue weighted by atomic mass is 16.5. The van der Waals surface area contributed by atoms with Crippen molar-refractivity contribution >= 4 is 5.97 Å². The van der Waals surface area contributed by atoms with Crippen LogP contribution in [0.25, 0.3) is 0 Å². The van der Waals surface area contributed by atoms with Crippen molar-refractivity contribution < 1.29 is 9.53 Å². The second kappa shape index (κ2) is 3.46. The first-order valence-corrected chi connectivity index (χ1v) is 2.93. The maximum Gasteiger partial charge on any atom is 0.336 e. The zero-order chi connectivity index (χ0) is 8.10. The molecule has 0 aliphatic carbocycles. The molecule has 0 aromatic carbocycles. The first kappa shape index (κ1) is 7.40. The summed E-state index contributed by atoms with van der Waals surface area (Å²) in [6.07, 6.45) is 3.85. The molecule has 0 saturated heterocycles. The molecule has 0 atom stereocenters. The molecule has 0 amide bonds. The fraction of sp³-hybridized carbons (Fsp3) is 0. The number of rotatable bonds is 2. The van der Waals surface area contributed by atoms with E-state index in [0.717, 1.165) is 6.08 Å². The fourth-order valence-electron chi connectivity index (χ4n) is 0.484. The highest BCUT2D eigenvalue weighted by Gasteiger charge is 1.97. The lowest BCUT2D eigenvalue weighted by Crippen LogP contribution is -2.04. The van der Waals surface area contributed by atoms with Crippen molar-refractivity contribution in [2.24, 2.45) is 0 Å². The summed E-state index contributed by atoms with van der Waals surface area (Å²) in [6.45, 7) is 3.24. The van der Waals surface area contributed by atoms with Gasteiger partial charge in [-0.2, -0.15) is 0 Å². The first-order chi connectivity index (χ1) is 5.33. The highest BCUT2D eigenvalue weighted by molar-refractivity contribution is 5.82. The number of hydrogen-bond acceptors (Lipinski definition) is 4. The lowest BCUT2D eigenvalue weighted by molar-refractivity contribution is -0.129. The average molecular weight is 150 g/mol. The van der Waals surface area contributed by atoms with Crippen LogP contribution in [0.3, 0.4) is 0 Å². The second-order valence-electron chi connectivity index (χ2n) is 1.67. The van der Waals surface area contributed by atoms with Crippen LogP contribution in [0.1, 0.15) is 0 Å². The van der Waals surface area contributed by atoms with Crippen LogP contribution in [0, 0.1) is 0 Å². The summed E-state index contributed by atoms with van der Waals surface area (Å²) in [7, 11) is 0. The average Bonchev–Trinajstić information content (AvgIpc) is 2.06. The number of nitrogens with zero attached hydrogens (tertiary/aromatic N) is 2. The number of carbonyl (C=O) groups is 1. The molecule has 56 valence electrons. The third-order valence-electron chi connectivity index (χ3n) is 0.927. The quantitative estimate of drug-likeness (QED) is 0.456. The van der Waals surface area contributed by atoms with Gasteiger partial charge in [-0.3, -0.25) is 0 Å². The predicted octanol–water partition coefficient (Wildman–Crippen LogP) is 0.568. The van der Waals surface area contributed by atoms with E-state index in [1.807, 2.05) is 0 Å². The van der Waals surface area contributed by atoms with E-state index >= 15 is 0 Å². The van der Waals surface area contributed by atoms with Crippen LogP contribution < -0.4 is 4.74 Å². The summed E-state index contributed by atoms with van der Waals surface area (Å²) in [6, 6.07) is 1.49. The molecule has 1 rings (SSSR count). The molecule has 4 heteroatoms. The van der Waals surface area contributed by atoms with Crippen molar-refractivity contribution in [3.8, 4) is 5.88 Å². The first-order valence-electron chi connectivity index (χ1n) is 2.93. The topological polar surface area (TPSA) is 52.1 Å². The van der Waals surface area contributed by atoms with E-state index in [2.05, 4.69) is 21.3 Å². The zero-order valence-corrected chi connectivity index (χ0v) is 5.73. The van der Waals surface area contributed by atoms with Crippen LogP contribution in [0.15, 0.2) is 31.2 Å². The van der Waals surface area contributed by atoms with E-state index in [1.165, 1.54) is 18.6 Å². The van der Waals surface area contributed by atoms with Gasteiger partial charge in [0, 0.05) is 18.3 Å². The van der Waals surface area contributed by atoms with E-state index in [9.17, 15) is 4.79 Å². The van der Waals surface area contributed by atoms with E-state index in [1.54, 1.807) is 0 Å². The van der Waals surface area contributed by atoms with Gasteiger partial charge in [0.15, 0.2) is 0 Å². The number of aromatic nitrogens is 2. The standard InChI is InChI=1S/C7H6N2O2/c1-2-7(10)11-6-3-4-8-5-9-6/h2-5H,1H2. The van der Waals surface area contributed by atoms with Crippen LogP contribution in [-0.2, 0) is 4.79 Å². The van der Waals surface area contributed by atoms with Crippen LogP contribution in [-0.4, -0.2) is 15.9 Å². The Kier molecular flexibility index (Phi) is 2.32. The van der Waals surface area contributed by atoms with E-state index in [4.69, 9.17) is 0 Å². The molecule has 0 aliphatic heterocycles. The number of esters is 1. The Labute approximate surface area is 63.6 Å². The number of ether oxygens (including phenoxy) is 1. The predicted molar refractivity (Wildman–Crippen MR) is 37.9 cm³/mol. The Morgan fingerprint density at radius 3 is 3.09 bits per heavy atom. The third-order valence-corrected chi connectivity index (χ3v) is 0.927. The summed E-state index contributed by atoms with van der Waals surface area (Å²) in [5, 5.41) is 0. The van der Waals surface area contributed by atoms with Crippen molar-refractivity contribution in [2.75, 3.05) is 0 Å². The Bertz CT molecular complexity index is 258. The van der Waals surface area contributed by atoms with Crippen LogP contribution in [0.2, 0.25) is 0 Å². The highest BCUT2D eigenvalue weighted by Crippen LogP contribution is 2.01. The van der Waals surface area contributed by atoms with Crippen LogP contribution >= 0.6 is 0 Å². The van der Waals surface area contributed by atoms with Gasteiger partial charge < -0.3 is 4.74 Å². The third kappa shape index (κ3) is 2.17. The van der Waals surface area contributed by atoms with E-state index in [-0.39, 0.29) is 5.88 Å². The van der Waals surface area contributed by atoms with Gasteiger partial charge in [0.1, 0.15) is 6.33 Å². The van der Waals surface area contributed by atoms with Gasteiger partial charge in [0.25, 0.3) is 0 Å². The molecule has 1 heterocycles. The zero-order valence-electron chi connectivity index (χ0n) is 5.73. The van der Waals surface area contributed by atoms with Gasteiger partial charge in [0.2, 0.25) is 5.88 Å². The van der Waals surface area contributed by atoms with Crippen molar-refractivity contribution in [2.45, 2.75) is 0 Å². The summed E-state index contributed by atoms with van der Waals surface area (Å²) < 4.78 is 4.66. The molecule has 0 aliphatic rings. The van der Waals surface area contributed by atoms with Crippen molar-refractivity contribution in [3.05, 3.63) is 31.2 Å². The van der Waals surface area contributed by atoms with Gasteiger partial charge in [-0.1, -0.05) is 6.58 Å². The Hall–Kier alpha value is -1.71. The molecule has 0 fully saturated rings. The molecule has 0 saturated carbocycles. The van der Waals surface area contributed by atoms with Crippen LogP contribution in [0.4, 0.5) is 0 Å². The van der Waals surface area contributed by atoms with Crippen molar-refractivity contribution in [3.63, 3.8) is 0 Å². The van der Waals surface area contributed by atoms with Crippen LogP contribution in [0.5, 0.6) is 5.88 Å². The van der Waals surface area contributed by atoms with Gasteiger partial charge in [-0.05, 0) is 0 Å². The Morgan fingerprint density at radius 1 is 1.73 bits per heavy atom. The minimum atomic E-state index is -0.524. The maximum atomic E-state index is 10.6. The molecule has 11 heavy (non-hydrogen) atoms. The minimum Gasteiger partial charge on any atom is -0.404 e. The lowest BCUT2D eigenvalue weighted by atomic mass is 10.6. The molecule has 1 aromatic rings. The lowest BCUT2D eigenvalue weighted by Gasteiger charge is -1.96. The minimum absolute atomic E-state index is 0.227. The van der Waals surface area contributed by atoms with Gasteiger partial charge in [-0.15, -0.1) is 0 Å². The number of hydrogen-bond donors (Lipinski definition) is 0. The summed E-state index contributed by atoms with van der Waals surface area (Å²) >= 11 is 0. The smallest absolute Gasteiger partial charge is 0.336 e. The SMILES string of the molecule is C=CC(=O)Oc1ccncn1. The Morgan fingerprint density at radius 2 is 2.55 bits per heavy atom. The number of carbonyl (C=O) groups excluding carboxylic acids is 1. The van der Waals surface area contributed by atoms with Crippen molar-refractivity contribution in [1.29, 1.82) is 0 Å². The van der Waals surface area contributed by atoms with E-state index in [0.29, 0.717) is 0 Å². The van der Waals surface area contributed by atoms with Gasteiger partial charge >= 0.3 is 5.97 Å². The molecule has 0 bridgehead atoms. The Balaban J connectivity index is 2.65. The maximum absolute atomic E-state index is 10.6. The van der Waals surface area contributed by atoms with Gasteiger partial charge in [-0.25, -0.2) is 14.8 Å². The second-order valence-corrected chi connectivity index (χ2v) is 1.67. The molecule has 0 spiro atoms. The molecular weight excluding hydrogens is 144 g/mol. The van der Waals surface area contributed by atoms with Gasteiger partial charge in [0.05, 0.1) is 0 Å². The molecule has 0 unspecified atom stereocenters.